The van der Waals surface area contributed by atoms with Crippen LogP contribution in [0.4, 0.5) is 0 Å². The molecule has 1 atom stereocenters. The van der Waals surface area contributed by atoms with Crippen molar-refractivity contribution in [2.45, 2.75) is 78.2 Å². The summed E-state index contributed by atoms with van der Waals surface area (Å²) in [6, 6.07) is 0.501. The van der Waals surface area contributed by atoms with E-state index >= 15 is 0 Å². The highest BCUT2D eigenvalue weighted by molar-refractivity contribution is 5.77. The number of likely N-dealkylation sites (tertiary alicyclic amines) is 1. The number of hydrogen-bond donors (Lipinski definition) is 0. The van der Waals surface area contributed by atoms with Crippen LogP contribution in [0.3, 0.4) is 0 Å². The quantitative estimate of drug-likeness (QED) is 0.713. The van der Waals surface area contributed by atoms with Crippen molar-refractivity contribution in [3.05, 3.63) is 0 Å². The van der Waals surface area contributed by atoms with Crippen LogP contribution in [-0.2, 0) is 4.79 Å². The summed E-state index contributed by atoms with van der Waals surface area (Å²) in [4.78, 5) is 14.2. The molecule has 0 spiro atoms. The van der Waals surface area contributed by atoms with E-state index in [1.54, 1.807) is 0 Å². The highest BCUT2D eigenvalue weighted by Gasteiger charge is 2.27. The van der Waals surface area contributed by atoms with Gasteiger partial charge in [0.2, 0.25) is 5.91 Å². The third-order valence-corrected chi connectivity index (χ3v) is 4.06. The van der Waals surface area contributed by atoms with E-state index in [0.29, 0.717) is 17.9 Å². The van der Waals surface area contributed by atoms with Crippen molar-refractivity contribution in [2.75, 3.05) is 6.54 Å². The molecule has 1 saturated carbocycles. The van der Waals surface area contributed by atoms with E-state index in [2.05, 4.69) is 11.8 Å². The van der Waals surface area contributed by atoms with E-state index in [9.17, 15) is 4.79 Å². The second kappa shape index (κ2) is 7.73. The highest BCUT2D eigenvalue weighted by atomic mass is 16.2. The zero-order valence-corrected chi connectivity index (χ0v) is 11.9. The highest BCUT2D eigenvalue weighted by Crippen LogP contribution is 2.28. The van der Waals surface area contributed by atoms with Crippen molar-refractivity contribution in [1.82, 2.24) is 4.90 Å². The first-order chi connectivity index (χ1) is 8.27. The van der Waals surface area contributed by atoms with Crippen LogP contribution in [0.15, 0.2) is 0 Å². The molecular formula is C15H29NO. The van der Waals surface area contributed by atoms with Gasteiger partial charge in [-0.1, -0.05) is 33.1 Å². The SMILES string of the molecule is CC.CC1CCCN1C(=O)CC1CCCCC1. The Morgan fingerprint density at radius 2 is 1.71 bits per heavy atom. The van der Waals surface area contributed by atoms with Gasteiger partial charge in [-0.3, -0.25) is 4.79 Å². The minimum Gasteiger partial charge on any atom is -0.340 e. The predicted molar refractivity (Wildman–Crippen MR) is 72.9 cm³/mol. The van der Waals surface area contributed by atoms with Crippen LogP contribution in [0.1, 0.15) is 72.1 Å². The van der Waals surface area contributed by atoms with E-state index in [1.165, 1.54) is 44.9 Å². The van der Waals surface area contributed by atoms with Crippen molar-refractivity contribution in [3.8, 4) is 0 Å². The second-order valence-corrected chi connectivity index (χ2v) is 5.29. The minimum atomic E-state index is 0.423. The Balaban J connectivity index is 0.000000686. The molecule has 2 aliphatic rings. The van der Waals surface area contributed by atoms with Gasteiger partial charge in [-0.15, -0.1) is 0 Å². The Hall–Kier alpha value is -0.530. The average Bonchev–Trinajstić information content (AvgIpc) is 2.79. The molecule has 0 bridgehead atoms. The Kier molecular flexibility index (Phi) is 6.61. The summed E-state index contributed by atoms with van der Waals surface area (Å²) in [5.74, 6) is 1.12. The number of nitrogens with zero attached hydrogens (tertiary/aromatic N) is 1. The van der Waals surface area contributed by atoms with Crippen LogP contribution in [0, 0.1) is 5.92 Å². The summed E-state index contributed by atoms with van der Waals surface area (Å²) >= 11 is 0. The first-order valence-corrected chi connectivity index (χ1v) is 7.57. The molecule has 1 saturated heterocycles. The molecule has 1 unspecified atom stereocenters. The molecule has 100 valence electrons. The second-order valence-electron chi connectivity index (χ2n) is 5.29. The monoisotopic (exact) mass is 239 g/mol. The molecule has 0 aromatic rings. The Morgan fingerprint density at radius 1 is 1.06 bits per heavy atom. The summed E-state index contributed by atoms with van der Waals surface area (Å²) in [5, 5.41) is 0. The van der Waals surface area contributed by atoms with Gasteiger partial charge < -0.3 is 4.90 Å². The molecular weight excluding hydrogens is 210 g/mol. The van der Waals surface area contributed by atoms with Crippen molar-refractivity contribution in [3.63, 3.8) is 0 Å². The summed E-state index contributed by atoms with van der Waals surface area (Å²) in [6.45, 7) is 7.19. The van der Waals surface area contributed by atoms with Crippen LogP contribution < -0.4 is 0 Å². The first-order valence-electron chi connectivity index (χ1n) is 7.57. The number of amides is 1. The Labute approximate surface area is 107 Å². The van der Waals surface area contributed by atoms with Crippen molar-refractivity contribution in [1.29, 1.82) is 0 Å². The van der Waals surface area contributed by atoms with E-state index < -0.39 is 0 Å². The maximum absolute atomic E-state index is 12.0. The number of carbonyl (C=O) groups is 1. The topological polar surface area (TPSA) is 20.3 Å². The fourth-order valence-electron chi connectivity index (χ4n) is 3.06. The lowest BCUT2D eigenvalue weighted by atomic mass is 9.86. The molecule has 0 aromatic carbocycles. The van der Waals surface area contributed by atoms with Crippen LogP contribution in [0.2, 0.25) is 0 Å². The molecule has 0 N–H and O–H groups in total. The van der Waals surface area contributed by atoms with Crippen molar-refractivity contribution >= 4 is 5.91 Å². The zero-order chi connectivity index (χ0) is 12.7. The van der Waals surface area contributed by atoms with Gasteiger partial charge in [0.15, 0.2) is 0 Å². The molecule has 0 aromatic heterocycles. The van der Waals surface area contributed by atoms with Crippen molar-refractivity contribution in [2.24, 2.45) is 5.92 Å². The summed E-state index contributed by atoms with van der Waals surface area (Å²) in [7, 11) is 0. The Morgan fingerprint density at radius 3 is 2.24 bits per heavy atom. The smallest absolute Gasteiger partial charge is 0.223 e. The van der Waals surface area contributed by atoms with E-state index in [0.717, 1.165) is 13.0 Å². The lowest BCUT2D eigenvalue weighted by Gasteiger charge is -2.26. The molecule has 1 aliphatic heterocycles. The van der Waals surface area contributed by atoms with Crippen LogP contribution in [0.5, 0.6) is 0 Å². The van der Waals surface area contributed by atoms with E-state index in [1.807, 2.05) is 13.8 Å². The molecule has 2 rings (SSSR count). The molecule has 1 amide bonds. The summed E-state index contributed by atoms with van der Waals surface area (Å²) in [6.07, 6.45) is 9.87. The largest absolute Gasteiger partial charge is 0.340 e. The normalized spacial score (nSPS) is 25.4. The van der Waals surface area contributed by atoms with Gasteiger partial charge in [-0.2, -0.15) is 0 Å². The lowest BCUT2D eigenvalue weighted by molar-refractivity contribution is -0.132. The van der Waals surface area contributed by atoms with Gasteiger partial charge in [0.25, 0.3) is 0 Å². The average molecular weight is 239 g/mol. The molecule has 17 heavy (non-hydrogen) atoms. The fraction of sp³-hybridized carbons (Fsp3) is 0.933. The van der Waals surface area contributed by atoms with Gasteiger partial charge in [0.1, 0.15) is 0 Å². The van der Waals surface area contributed by atoms with Crippen LogP contribution in [-0.4, -0.2) is 23.4 Å². The minimum absolute atomic E-state index is 0.423. The third-order valence-electron chi connectivity index (χ3n) is 4.06. The zero-order valence-electron chi connectivity index (χ0n) is 11.9. The molecule has 1 aliphatic carbocycles. The lowest BCUT2D eigenvalue weighted by Crippen LogP contribution is -2.35. The van der Waals surface area contributed by atoms with Crippen LogP contribution >= 0.6 is 0 Å². The molecule has 0 radical (unpaired) electrons. The fourth-order valence-corrected chi connectivity index (χ4v) is 3.06. The predicted octanol–water partition coefficient (Wildman–Crippen LogP) is 3.99. The standard InChI is InChI=1S/C13H23NO.C2H6/c1-11-6-5-9-14(11)13(15)10-12-7-3-2-4-8-12;1-2/h11-12H,2-10H2,1H3;1-2H3. The van der Waals surface area contributed by atoms with E-state index in [4.69, 9.17) is 0 Å². The van der Waals surface area contributed by atoms with Crippen LogP contribution in [0.25, 0.3) is 0 Å². The van der Waals surface area contributed by atoms with Gasteiger partial charge in [-0.25, -0.2) is 0 Å². The molecule has 2 nitrogen and oxygen atoms in total. The molecule has 1 heterocycles. The number of hydrogen-bond acceptors (Lipinski definition) is 1. The molecule has 2 fully saturated rings. The maximum atomic E-state index is 12.0. The summed E-state index contributed by atoms with van der Waals surface area (Å²) in [5.41, 5.74) is 0. The van der Waals surface area contributed by atoms with Gasteiger partial charge in [0, 0.05) is 19.0 Å². The van der Waals surface area contributed by atoms with Crippen molar-refractivity contribution < 1.29 is 4.79 Å². The van der Waals surface area contributed by atoms with Gasteiger partial charge in [-0.05, 0) is 38.5 Å². The van der Waals surface area contributed by atoms with Gasteiger partial charge in [0.05, 0.1) is 0 Å². The Bertz CT molecular complexity index is 221. The van der Waals surface area contributed by atoms with Gasteiger partial charge >= 0.3 is 0 Å². The number of rotatable bonds is 2. The third kappa shape index (κ3) is 4.33. The summed E-state index contributed by atoms with van der Waals surface area (Å²) < 4.78 is 0. The maximum Gasteiger partial charge on any atom is 0.223 e. The number of carbonyl (C=O) groups excluding carboxylic acids is 1. The first kappa shape index (κ1) is 14.5. The van der Waals surface area contributed by atoms with E-state index in [-0.39, 0.29) is 0 Å². The molecule has 2 heteroatoms.